The summed E-state index contributed by atoms with van der Waals surface area (Å²) in [6, 6.07) is 0. The Kier molecular flexibility index (Phi) is 3.72. The summed E-state index contributed by atoms with van der Waals surface area (Å²) in [5, 5.41) is 6.23. The van der Waals surface area contributed by atoms with E-state index in [1.165, 1.54) is 12.8 Å². The molecule has 0 aromatic heterocycles. The van der Waals surface area contributed by atoms with Crippen molar-refractivity contribution in [1.29, 1.82) is 0 Å². The lowest BCUT2D eigenvalue weighted by molar-refractivity contribution is -0.121. The Balaban J connectivity index is 2.41. The van der Waals surface area contributed by atoms with Crippen LogP contribution in [0.5, 0.6) is 0 Å². The first kappa shape index (κ1) is 10.5. The van der Waals surface area contributed by atoms with Gasteiger partial charge in [-0.25, -0.2) is 0 Å². The molecule has 0 aliphatic carbocycles. The van der Waals surface area contributed by atoms with Gasteiger partial charge in [0.25, 0.3) is 0 Å². The van der Waals surface area contributed by atoms with Crippen molar-refractivity contribution in [2.24, 2.45) is 5.41 Å². The van der Waals surface area contributed by atoms with Gasteiger partial charge in [0.2, 0.25) is 5.91 Å². The van der Waals surface area contributed by atoms with E-state index in [4.69, 9.17) is 0 Å². The van der Waals surface area contributed by atoms with E-state index in [1.54, 1.807) is 0 Å². The zero-order valence-corrected chi connectivity index (χ0v) is 8.65. The smallest absolute Gasteiger partial charge is 0.221 e. The molecular formula is C10H20N2O. The molecule has 0 radical (unpaired) electrons. The average molecular weight is 184 g/mol. The maximum atomic E-state index is 11.2. The zero-order chi connectivity index (χ0) is 9.73. The normalized spacial score (nSPS) is 24.9. The molecule has 0 aromatic carbocycles. The van der Waals surface area contributed by atoms with Crippen LogP contribution < -0.4 is 10.6 Å². The van der Waals surface area contributed by atoms with E-state index in [0.717, 1.165) is 19.6 Å². The molecule has 1 fully saturated rings. The van der Waals surface area contributed by atoms with Crippen molar-refractivity contribution < 1.29 is 4.79 Å². The van der Waals surface area contributed by atoms with Gasteiger partial charge in [0.1, 0.15) is 0 Å². The lowest BCUT2D eigenvalue weighted by Gasteiger charge is -2.26. The van der Waals surface area contributed by atoms with Crippen molar-refractivity contribution in [1.82, 2.24) is 10.6 Å². The third kappa shape index (κ3) is 4.27. The van der Waals surface area contributed by atoms with Gasteiger partial charge in [-0.15, -0.1) is 0 Å². The third-order valence-corrected chi connectivity index (χ3v) is 2.50. The van der Waals surface area contributed by atoms with Gasteiger partial charge in [0, 0.05) is 19.5 Å². The highest BCUT2D eigenvalue weighted by Crippen LogP contribution is 2.20. The largest absolute Gasteiger partial charge is 0.356 e. The van der Waals surface area contributed by atoms with E-state index in [0.29, 0.717) is 6.42 Å². The van der Waals surface area contributed by atoms with Crippen molar-refractivity contribution >= 4 is 5.91 Å². The summed E-state index contributed by atoms with van der Waals surface area (Å²) < 4.78 is 0. The maximum absolute atomic E-state index is 11.2. The summed E-state index contributed by atoms with van der Waals surface area (Å²) in [4.78, 5) is 11.2. The van der Waals surface area contributed by atoms with E-state index < -0.39 is 0 Å². The van der Waals surface area contributed by atoms with Crippen LogP contribution in [0.2, 0.25) is 0 Å². The predicted octanol–water partition coefficient (Wildman–Crippen LogP) is 0.902. The number of hydrogen-bond donors (Lipinski definition) is 2. The van der Waals surface area contributed by atoms with Crippen LogP contribution in [0.1, 0.15) is 33.1 Å². The van der Waals surface area contributed by atoms with Crippen LogP contribution in [0.3, 0.4) is 0 Å². The van der Waals surface area contributed by atoms with Crippen LogP contribution in [-0.2, 0) is 4.79 Å². The number of nitrogens with one attached hydrogen (secondary N) is 2. The van der Waals surface area contributed by atoms with Gasteiger partial charge in [-0.1, -0.05) is 13.8 Å². The highest BCUT2D eigenvalue weighted by atomic mass is 16.1. The monoisotopic (exact) mass is 184 g/mol. The number of carbonyl (C=O) groups excluding carboxylic acids is 1. The topological polar surface area (TPSA) is 41.1 Å². The lowest BCUT2D eigenvalue weighted by Crippen LogP contribution is -2.37. The van der Waals surface area contributed by atoms with Crippen LogP contribution >= 0.6 is 0 Å². The van der Waals surface area contributed by atoms with Gasteiger partial charge >= 0.3 is 0 Å². The van der Waals surface area contributed by atoms with Gasteiger partial charge in [0.15, 0.2) is 0 Å². The van der Waals surface area contributed by atoms with Crippen LogP contribution in [0.25, 0.3) is 0 Å². The fraction of sp³-hybridized carbons (Fsp3) is 0.900. The Morgan fingerprint density at radius 2 is 2.08 bits per heavy atom. The van der Waals surface area contributed by atoms with Crippen LogP contribution in [-0.4, -0.2) is 25.5 Å². The van der Waals surface area contributed by atoms with Crippen molar-refractivity contribution in [2.75, 3.05) is 19.6 Å². The Hall–Kier alpha value is -0.570. The van der Waals surface area contributed by atoms with E-state index >= 15 is 0 Å². The second kappa shape index (κ2) is 4.61. The first-order valence-corrected chi connectivity index (χ1v) is 5.08. The van der Waals surface area contributed by atoms with E-state index in [-0.39, 0.29) is 11.3 Å². The van der Waals surface area contributed by atoms with Crippen molar-refractivity contribution in [2.45, 2.75) is 33.1 Å². The lowest BCUT2D eigenvalue weighted by atomic mass is 9.87. The predicted molar refractivity (Wildman–Crippen MR) is 53.5 cm³/mol. The molecular weight excluding hydrogens is 164 g/mol. The zero-order valence-electron chi connectivity index (χ0n) is 8.65. The molecule has 2 N–H and O–H groups in total. The quantitative estimate of drug-likeness (QED) is 0.587. The summed E-state index contributed by atoms with van der Waals surface area (Å²) in [6.45, 7) is 7.07. The molecule has 1 saturated heterocycles. The summed E-state index contributed by atoms with van der Waals surface area (Å²) in [5.74, 6) is 0.169. The molecule has 13 heavy (non-hydrogen) atoms. The van der Waals surface area contributed by atoms with Crippen molar-refractivity contribution in [3.8, 4) is 0 Å². The van der Waals surface area contributed by atoms with Gasteiger partial charge in [-0.2, -0.15) is 0 Å². The second-order valence-electron chi connectivity index (χ2n) is 4.54. The molecule has 3 heteroatoms. The fourth-order valence-electron chi connectivity index (χ4n) is 1.53. The first-order chi connectivity index (χ1) is 6.10. The molecule has 1 aliphatic rings. The molecule has 1 rings (SSSR count). The Labute approximate surface area is 80.3 Å². The third-order valence-electron chi connectivity index (χ3n) is 2.50. The minimum Gasteiger partial charge on any atom is -0.356 e. The molecule has 0 saturated carbocycles. The minimum atomic E-state index is 0.169. The molecule has 0 atom stereocenters. The highest BCUT2D eigenvalue weighted by molar-refractivity contribution is 5.76. The minimum absolute atomic E-state index is 0.169. The summed E-state index contributed by atoms with van der Waals surface area (Å²) >= 11 is 0. The molecule has 1 heterocycles. The molecule has 1 aliphatic heterocycles. The van der Waals surface area contributed by atoms with Crippen LogP contribution in [0.15, 0.2) is 0 Å². The maximum Gasteiger partial charge on any atom is 0.221 e. The average Bonchev–Trinajstić information content (AvgIpc) is 2.07. The van der Waals surface area contributed by atoms with Crippen molar-refractivity contribution in [3.63, 3.8) is 0 Å². The summed E-state index contributed by atoms with van der Waals surface area (Å²) in [7, 11) is 0. The molecule has 0 bridgehead atoms. The van der Waals surface area contributed by atoms with Gasteiger partial charge < -0.3 is 10.6 Å². The number of hydrogen-bond acceptors (Lipinski definition) is 2. The summed E-state index contributed by atoms with van der Waals surface area (Å²) in [6.07, 6.45) is 2.97. The van der Waals surface area contributed by atoms with Gasteiger partial charge in [0.05, 0.1) is 0 Å². The Bertz CT molecular complexity index is 178. The fourth-order valence-corrected chi connectivity index (χ4v) is 1.53. The molecule has 0 unspecified atom stereocenters. The van der Waals surface area contributed by atoms with Crippen molar-refractivity contribution in [3.05, 3.63) is 0 Å². The van der Waals surface area contributed by atoms with E-state index in [9.17, 15) is 4.79 Å². The van der Waals surface area contributed by atoms with Gasteiger partial charge in [-0.05, 0) is 24.8 Å². The summed E-state index contributed by atoms with van der Waals surface area (Å²) in [5.41, 5.74) is 0.245. The highest BCUT2D eigenvalue weighted by Gasteiger charge is 2.18. The molecule has 0 aromatic rings. The molecule has 3 nitrogen and oxygen atoms in total. The van der Waals surface area contributed by atoms with E-state index in [2.05, 4.69) is 24.5 Å². The Morgan fingerprint density at radius 1 is 1.31 bits per heavy atom. The number of carbonyl (C=O) groups is 1. The van der Waals surface area contributed by atoms with Crippen LogP contribution in [0, 0.1) is 5.41 Å². The standard InChI is InChI=1S/C10H20N2O/c1-10(2)5-3-6-11-7-4-9(13)12-8-10/h11H,3-8H2,1-2H3,(H,12,13). The number of amides is 1. The molecule has 76 valence electrons. The second-order valence-corrected chi connectivity index (χ2v) is 4.54. The SMILES string of the molecule is CC1(C)CCCNCCC(=O)NC1. The van der Waals surface area contributed by atoms with Crippen LogP contribution in [0.4, 0.5) is 0 Å². The first-order valence-electron chi connectivity index (χ1n) is 5.08. The molecule has 0 spiro atoms. The number of rotatable bonds is 0. The Morgan fingerprint density at radius 3 is 2.85 bits per heavy atom. The van der Waals surface area contributed by atoms with E-state index in [1.807, 2.05) is 0 Å². The molecule has 1 amide bonds. The van der Waals surface area contributed by atoms with Gasteiger partial charge in [-0.3, -0.25) is 4.79 Å².